The second-order valence-electron chi connectivity index (χ2n) is 4.57. The zero-order chi connectivity index (χ0) is 14.1. The van der Waals surface area contributed by atoms with Crippen LogP contribution < -0.4 is 10.2 Å². The minimum Gasteiger partial charge on any atom is -0.447 e. The summed E-state index contributed by atoms with van der Waals surface area (Å²) in [6.45, 7) is 0.0633. The SMILES string of the molecule is CN(C(=O)C1COC(=O)N1)c1ccc2cccnc2c1. The normalized spacial score (nSPS) is 17.6. The van der Waals surface area contributed by atoms with Crippen LogP contribution >= 0.6 is 0 Å². The Kier molecular flexibility index (Phi) is 2.98. The fourth-order valence-electron chi connectivity index (χ4n) is 2.14. The number of benzene rings is 1. The van der Waals surface area contributed by atoms with Gasteiger partial charge in [-0.2, -0.15) is 0 Å². The maximum Gasteiger partial charge on any atom is 0.407 e. The van der Waals surface area contributed by atoms with Crippen molar-refractivity contribution in [1.29, 1.82) is 0 Å². The summed E-state index contributed by atoms with van der Waals surface area (Å²) in [6.07, 6.45) is 1.15. The van der Waals surface area contributed by atoms with Crippen LogP contribution in [0.3, 0.4) is 0 Å². The number of hydrogen-bond donors (Lipinski definition) is 1. The Labute approximate surface area is 115 Å². The van der Waals surface area contributed by atoms with E-state index in [1.54, 1.807) is 13.2 Å². The highest BCUT2D eigenvalue weighted by molar-refractivity contribution is 6.00. The number of aromatic nitrogens is 1. The predicted molar refractivity (Wildman–Crippen MR) is 73.4 cm³/mol. The summed E-state index contributed by atoms with van der Waals surface area (Å²) in [5.74, 6) is -0.217. The Hall–Kier alpha value is -2.63. The average Bonchev–Trinajstić information content (AvgIpc) is 2.92. The number of pyridine rings is 1. The molecule has 1 N–H and O–H groups in total. The van der Waals surface area contributed by atoms with Gasteiger partial charge in [-0.15, -0.1) is 0 Å². The number of alkyl carbamates (subject to hydrolysis) is 1. The van der Waals surface area contributed by atoms with Crippen molar-refractivity contribution in [2.24, 2.45) is 0 Å². The highest BCUT2D eigenvalue weighted by atomic mass is 16.6. The van der Waals surface area contributed by atoms with Gasteiger partial charge in [0.15, 0.2) is 0 Å². The number of likely N-dealkylation sites (N-methyl/N-ethyl adjacent to an activating group) is 1. The number of ether oxygens (including phenoxy) is 1. The Morgan fingerprint density at radius 1 is 1.45 bits per heavy atom. The van der Waals surface area contributed by atoms with E-state index in [1.807, 2.05) is 30.3 Å². The first-order valence-corrected chi connectivity index (χ1v) is 6.21. The molecule has 2 aromatic rings. The van der Waals surface area contributed by atoms with Gasteiger partial charge in [-0.05, 0) is 18.2 Å². The molecule has 0 bridgehead atoms. The number of rotatable bonds is 2. The third-order valence-electron chi connectivity index (χ3n) is 3.28. The molecule has 102 valence electrons. The molecule has 20 heavy (non-hydrogen) atoms. The first kappa shape index (κ1) is 12.4. The lowest BCUT2D eigenvalue weighted by atomic mass is 10.2. The van der Waals surface area contributed by atoms with Crippen LogP contribution in [-0.4, -0.2) is 36.7 Å². The standard InChI is InChI=1S/C14H13N3O3/c1-17(13(18)12-8-20-14(19)16-12)10-5-4-9-3-2-6-15-11(9)7-10/h2-7,12H,8H2,1H3,(H,16,19). The molecule has 2 amide bonds. The van der Waals surface area contributed by atoms with E-state index in [9.17, 15) is 9.59 Å². The molecule has 0 aliphatic carbocycles. The zero-order valence-corrected chi connectivity index (χ0v) is 10.9. The number of fused-ring (bicyclic) bond motifs is 1. The molecule has 3 rings (SSSR count). The van der Waals surface area contributed by atoms with Gasteiger partial charge >= 0.3 is 6.09 Å². The first-order chi connectivity index (χ1) is 9.65. The predicted octanol–water partition coefficient (Wildman–Crippen LogP) is 1.31. The van der Waals surface area contributed by atoms with Crippen LogP contribution in [0.15, 0.2) is 36.5 Å². The van der Waals surface area contributed by atoms with E-state index < -0.39 is 12.1 Å². The molecular weight excluding hydrogens is 258 g/mol. The Morgan fingerprint density at radius 2 is 2.30 bits per heavy atom. The highest BCUT2D eigenvalue weighted by Crippen LogP contribution is 2.20. The van der Waals surface area contributed by atoms with Crippen molar-refractivity contribution < 1.29 is 14.3 Å². The molecule has 0 spiro atoms. The van der Waals surface area contributed by atoms with E-state index in [4.69, 9.17) is 4.74 Å². The molecular formula is C14H13N3O3. The van der Waals surface area contributed by atoms with Crippen LogP contribution in [0.25, 0.3) is 10.9 Å². The zero-order valence-electron chi connectivity index (χ0n) is 10.9. The van der Waals surface area contributed by atoms with Gasteiger partial charge in [0.2, 0.25) is 0 Å². The topological polar surface area (TPSA) is 71.5 Å². The van der Waals surface area contributed by atoms with E-state index in [-0.39, 0.29) is 12.5 Å². The lowest BCUT2D eigenvalue weighted by Gasteiger charge is -2.20. The van der Waals surface area contributed by atoms with Crippen LogP contribution in [0.2, 0.25) is 0 Å². The third-order valence-corrected chi connectivity index (χ3v) is 3.28. The fraction of sp³-hybridized carbons (Fsp3) is 0.214. The van der Waals surface area contributed by atoms with Crippen molar-refractivity contribution >= 4 is 28.6 Å². The number of cyclic esters (lactones) is 1. The monoisotopic (exact) mass is 271 g/mol. The smallest absolute Gasteiger partial charge is 0.407 e. The summed E-state index contributed by atoms with van der Waals surface area (Å²) in [7, 11) is 1.66. The number of carbonyl (C=O) groups excluding carboxylic acids is 2. The van der Waals surface area contributed by atoms with Crippen LogP contribution in [0.4, 0.5) is 10.5 Å². The summed E-state index contributed by atoms with van der Waals surface area (Å²) >= 11 is 0. The van der Waals surface area contributed by atoms with Gasteiger partial charge < -0.3 is 15.0 Å². The molecule has 2 heterocycles. The molecule has 1 aliphatic heterocycles. The third kappa shape index (κ3) is 2.16. The molecule has 6 heteroatoms. The molecule has 1 unspecified atom stereocenters. The maximum atomic E-state index is 12.2. The fourth-order valence-corrected chi connectivity index (χ4v) is 2.14. The second kappa shape index (κ2) is 4.80. The van der Waals surface area contributed by atoms with E-state index in [0.717, 1.165) is 16.6 Å². The molecule has 6 nitrogen and oxygen atoms in total. The van der Waals surface area contributed by atoms with E-state index >= 15 is 0 Å². The second-order valence-corrected chi connectivity index (χ2v) is 4.57. The van der Waals surface area contributed by atoms with Gasteiger partial charge in [0.1, 0.15) is 12.6 Å². The van der Waals surface area contributed by atoms with Crippen LogP contribution in [-0.2, 0) is 9.53 Å². The Bertz CT molecular complexity index is 686. The van der Waals surface area contributed by atoms with Gasteiger partial charge in [-0.25, -0.2) is 4.79 Å². The number of hydrogen-bond acceptors (Lipinski definition) is 4. The number of anilines is 1. The molecule has 1 fully saturated rings. The van der Waals surface area contributed by atoms with Crippen molar-refractivity contribution in [3.8, 4) is 0 Å². The number of amides is 2. The molecule has 1 aromatic carbocycles. The van der Waals surface area contributed by atoms with Crippen LogP contribution in [0.1, 0.15) is 0 Å². The lowest BCUT2D eigenvalue weighted by molar-refractivity contribution is -0.120. The van der Waals surface area contributed by atoms with Crippen molar-refractivity contribution in [2.75, 3.05) is 18.6 Å². The quantitative estimate of drug-likeness (QED) is 0.893. The average molecular weight is 271 g/mol. The minimum absolute atomic E-state index is 0.0633. The molecule has 0 radical (unpaired) electrons. The summed E-state index contributed by atoms with van der Waals surface area (Å²) in [6, 6.07) is 8.78. The van der Waals surface area contributed by atoms with Gasteiger partial charge in [0, 0.05) is 24.3 Å². The minimum atomic E-state index is -0.632. The van der Waals surface area contributed by atoms with Gasteiger partial charge in [-0.3, -0.25) is 9.78 Å². The Morgan fingerprint density at radius 3 is 3.05 bits per heavy atom. The summed E-state index contributed by atoms with van der Waals surface area (Å²) in [5.41, 5.74) is 1.54. The van der Waals surface area contributed by atoms with E-state index in [2.05, 4.69) is 10.3 Å². The number of nitrogens with zero attached hydrogens (tertiary/aromatic N) is 2. The van der Waals surface area contributed by atoms with E-state index in [0.29, 0.717) is 0 Å². The van der Waals surface area contributed by atoms with Crippen molar-refractivity contribution in [1.82, 2.24) is 10.3 Å². The van der Waals surface area contributed by atoms with Crippen molar-refractivity contribution in [3.05, 3.63) is 36.5 Å². The summed E-state index contributed by atoms with van der Waals surface area (Å²) in [4.78, 5) is 29.0. The van der Waals surface area contributed by atoms with Crippen molar-refractivity contribution in [2.45, 2.75) is 6.04 Å². The van der Waals surface area contributed by atoms with Gasteiger partial charge in [0.25, 0.3) is 5.91 Å². The summed E-state index contributed by atoms with van der Waals surface area (Å²) < 4.78 is 4.73. The van der Waals surface area contributed by atoms with Gasteiger partial charge in [0.05, 0.1) is 5.52 Å². The van der Waals surface area contributed by atoms with Gasteiger partial charge in [-0.1, -0.05) is 12.1 Å². The molecule has 1 aliphatic rings. The molecule has 1 aromatic heterocycles. The lowest BCUT2D eigenvalue weighted by Crippen LogP contribution is -2.43. The van der Waals surface area contributed by atoms with Crippen LogP contribution in [0, 0.1) is 0 Å². The number of nitrogens with one attached hydrogen (secondary N) is 1. The maximum absolute atomic E-state index is 12.2. The molecule has 0 saturated carbocycles. The van der Waals surface area contributed by atoms with E-state index in [1.165, 1.54) is 4.90 Å². The largest absolute Gasteiger partial charge is 0.447 e. The first-order valence-electron chi connectivity index (χ1n) is 6.21. The number of carbonyl (C=O) groups is 2. The molecule has 1 atom stereocenters. The van der Waals surface area contributed by atoms with Crippen LogP contribution in [0.5, 0.6) is 0 Å². The summed E-state index contributed by atoms with van der Waals surface area (Å²) in [5, 5.41) is 3.48. The Balaban J connectivity index is 1.86. The van der Waals surface area contributed by atoms with Crippen molar-refractivity contribution in [3.63, 3.8) is 0 Å². The molecule has 1 saturated heterocycles. The highest BCUT2D eigenvalue weighted by Gasteiger charge is 2.31.